The van der Waals surface area contributed by atoms with Crippen molar-refractivity contribution < 1.29 is 9.59 Å². The van der Waals surface area contributed by atoms with Crippen LogP contribution in [0.25, 0.3) is 0 Å². The second kappa shape index (κ2) is 12.6. The van der Waals surface area contributed by atoms with Gasteiger partial charge in [-0.3, -0.25) is 9.59 Å². The third kappa shape index (κ3) is 7.36. The SMILES string of the molecule is CCn1c(SCC(=O)Nc2ccccc2Cl)nnc1[C@@H](CC(C)C)NC(=O)c1ccc(Cl)cc1Cl. The van der Waals surface area contributed by atoms with Crippen LogP contribution in [0.3, 0.4) is 0 Å². The standard InChI is InChI=1S/C24H26Cl3N5O2S/c1-4-32-22(20(11-14(2)3)29-23(34)16-10-9-15(25)12-18(16)27)30-31-24(32)35-13-21(33)28-19-8-6-5-7-17(19)26/h5-10,12,14,20H,4,11,13H2,1-3H3,(H,28,33)(H,29,34)/t20-/m1/s1. The van der Waals surface area contributed by atoms with Crippen molar-refractivity contribution >= 4 is 64.1 Å². The normalized spacial score (nSPS) is 12.0. The highest BCUT2D eigenvalue weighted by Crippen LogP contribution is 2.27. The molecule has 0 bridgehead atoms. The summed E-state index contributed by atoms with van der Waals surface area (Å²) >= 11 is 19.6. The van der Waals surface area contributed by atoms with E-state index in [4.69, 9.17) is 34.8 Å². The molecule has 0 radical (unpaired) electrons. The first-order valence-electron chi connectivity index (χ1n) is 11.1. The number of halogens is 3. The van der Waals surface area contributed by atoms with Gasteiger partial charge in [-0.25, -0.2) is 0 Å². The van der Waals surface area contributed by atoms with Crippen LogP contribution in [0, 0.1) is 5.92 Å². The minimum atomic E-state index is -0.395. The molecule has 2 aromatic carbocycles. The molecule has 0 unspecified atom stereocenters. The van der Waals surface area contributed by atoms with Crippen molar-refractivity contribution in [3.05, 3.63) is 68.9 Å². The molecule has 0 saturated carbocycles. The van der Waals surface area contributed by atoms with Gasteiger partial charge in [-0.15, -0.1) is 10.2 Å². The number of anilines is 1. The van der Waals surface area contributed by atoms with Gasteiger partial charge in [0.05, 0.1) is 33.1 Å². The number of nitrogens with one attached hydrogen (secondary N) is 2. The van der Waals surface area contributed by atoms with E-state index >= 15 is 0 Å². The van der Waals surface area contributed by atoms with Crippen LogP contribution in [0.2, 0.25) is 15.1 Å². The average Bonchev–Trinajstić information content (AvgIpc) is 3.21. The van der Waals surface area contributed by atoms with E-state index in [1.54, 1.807) is 36.4 Å². The molecule has 1 atom stereocenters. The summed E-state index contributed by atoms with van der Waals surface area (Å²) in [6.07, 6.45) is 0.646. The molecule has 35 heavy (non-hydrogen) atoms. The molecular weight excluding hydrogens is 529 g/mol. The van der Waals surface area contributed by atoms with Gasteiger partial charge in [-0.05, 0) is 49.6 Å². The minimum Gasteiger partial charge on any atom is -0.342 e. The first kappa shape index (κ1) is 27.3. The van der Waals surface area contributed by atoms with Gasteiger partial charge >= 0.3 is 0 Å². The number of para-hydroxylation sites is 1. The van der Waals surface area contributed by atoms with Crippen LogP contribution in [0.1, 0.15) is 49.4 Å². The maximum atomic E-state index is 13.0. The number of amides is 2. The molecule has 11 heteroatoms. The molecule has 0 saturated heterocycles. The zero-order chi connectivity index (χ0) is 25.5. The van der Waals surface area contributed by atoms with E-state index in [0.29, 0.717) is 45.2 Å². The first-order valence-corrected chi connectivity index (χ1v) is 13.2. The predicted octanol–water partition coefficient (Wildman–Crippen LogP) is 6.51. The van der Waals surface area contributed by atoms with Gasteiger partial charge in [-0.2, -0.15) is 0 Å². The molecule has 0 aliphatic rings. The lowest BCUT2D eigenvalue weighted by molar-refractivity contribution is -0.113. The molecule has 0 aliphatic heterocycles. The molecule has 0 aliphatic carbocycles. The highest BCUT2D eigenvalue weighted by molar-refractivity contribution is 7.99. The topological polar surface area (TPSA) is 88.9 Å². The van der Waals surface area contributed by atoms with Crippen molar-refractivity contribution in [2.24, 2.45) is 5.92 Å². The number of hydrogen-bond donors (Lipinski definition) is 2. The van der Waals surface area contributed by atoms with Crippen LogP contribution < -0.4 is 10.6 Å². The third-order valence-electron chi connectivity index (χ3n) is 5.04. The lowest BCUT2D eigenvalue weighted by Crippen LogP contribution is -2.32. The summed E-state index contributed by atoms with van der Waals surface area (Å²) in [6, 6.07) is 11.4. The summed E-state index contributed by atoms with van der Waals surface area (Å²) in [5.41, 5.74) is 0.885. The van der Waals surface area contributed by atoms with Crippen LogP contribution in [-0.4, -0.2) is 32.3 Å². The summed E-state index contributed by atoms with van der Waals surface area (Å²) in [4.78, 5) is 25.5. The Labute approximate surface area is 223 Å². The molecular formula is C24H26Cl3N5O2S. The van der Waals surface area contributed by atoms with Gasteiger partial charge in [0.1, 0.15) is 0 Å². The average molecular weight is 555 g/mol. The molecule has 186 valence electrons. The summed E-state index contributed by atoms with van der Waals surface area (Å²) < 4.78 is 1.91. The molecule has 0 spiro atoms. The third-order valence-corrected chi connectivity index (χ3v) is 6.89. The Morgan fingerprint density at radius 2 is 1.80 bits per heavy atom. The fourth-order valence-electron chi connectivity index (χ4n) is 3.45. The summed E-state index contributed by atoms with van der Waals surface area (Å²) in [7, 11) is 0. The number of thioether (sulfide) groups is 1. The number of carbonyl (C=O) groups excluding carboxylic acids is 2. The van der Waals surface area contributed by atoms with Gasteiger partial charge in [0, 0.05) is 11.6 Å². The number of hydrogen-bond acceptors (Lipinski definition) is 5. The summed E-state index contributed by atoms with van der Waals surface area (Å²) in [5, 5.41) is 16.3. The van der Waals surface area contributed by atoms with Gasteiger partial charge in [0.25, 0.3) is 5.91 Å². The van der Waals surface area contributed by atoms with Gasteiger partial charge < -0.3 is 15.2 Å². The van der Waals surface area contributed by atoms with Crippen LogP contribution in [-0.2, 0) is 11.3 Å². The number of aromatic nitrogens is 3. The quantitative estimate of drug-likeness (QED) is 0.279. The number of nitrogens with zero attached hydrogens (tertiary/aromatic N) is 3. The van der Waals surface area contributed by atoms with Crippen molar-refractivity contribution in [3.63, 3.8) is 0 Å². The van der Waals surface area contributed by atoms with E-state index in [1.807, 2.05) is 11.5 Å². The van der Waals surface area contributed by atoms with Crippen LogP contribution in [0.5, 0.6) is 0 Å². The summed E-state index contributed by atoms with van der Waals surface area (Å²) in [6.45, 7) is 6.67. The lowest BCUT2D eigenvalue weighted by Gasteiger charge is -2.21. The molecule has 1 aromatic heterocycles. The molecule has 7 nitrogen and oxygen atoms in total. The molecule has 2 amide bonds. The molecule has 0 fully saturated rings. The predicted molar refractivity (Wildman–Crippen MR) is 143 cm³/mol. The Balaban J connectivity index is 1.75. The molecule has 3 aromatic rings. The minimum absolute atomic E-state index is 0.130. The Morgan fingerprint density at radius 3 is 2.46 bits per heavy atom. The Bertz CT molecular complexity index is 1200. The lowest BCUT2D eigenvalue weighted by atomic mass is 10.0. The van der Waals surface area contributed by atoms with Crippen LogP contribution in [0.4, 0.5) is 5.69 Å². The first-order chi connectivity index (χ1) is 16.7. The fourth-order valence-corrected chi connectivity index (χ4v) is 4.94. The molecule has 1 heterocycles. The van der Waals surface area contributed by atoms with E-state index in [0.717, 1.165) is 0 Å². The number of carbonyl (C=O) groups is 2. The van der Waals surface area contributed by atoms with E-state index in [1.165, 1.54) is 17.8 Å². The fraction of sp³-hybridized carbons (Fsp3) is 0.333. The highest BCUT2D eigenvalue weighted by Gasteiger charge is 2.25. The van der Waals surface area contributed by atoms with E-state index < -0.39 is 6.04 Å². The Kier molecular flexibility index (Phi) is 9.86. The second-order valence-corrected chi connectivity index (χ2v) is 10.4. The zero-order valence-corrected chi connectivity index (χ0v) is 22.6. The van der Waals surface area contributed by atoms with Crippen molar-refractivity contribution in [1.82, 2.24) is 20.1 Å². The van der Waals surface area contributed by atoms with Gasteiger partial charge in [0.15, 0.2) is 11.0 Å². The Morgan fingerprint density at radius 1 is 1.06 bits per heavy atom. The Hall–Kier alpha value is -2.26. The second-order valence-electron chi connectivity index (χ2n) is 8.18. The van der Waals surface area contributed by atoms with Gasteiger partial charge in [-0.1, -0.05) is 72.5 Å². The van der Waals surface area contributed by atoms with E-state index in [9.17, 15) is 9.59 Å². The van der Waals surface area contributed by atoms with Crippen LogP contribution >= 0.6 is 46.6 Å². The largest absolute Gasteiger partial charge is 0.342 e. The van der Waals surface area contributed by atoms with Crippen LogP contribution in [0.15, 0.2) is 47.6 Å². The van der Waals surface area contributed by atoms with Crippen molar-refractivity contribution in [3.8, 4) is 0 Å². The van der Waals surface area contributed by atoms with Gasteiger partial charge in [0.2, 0.25) is 5.91 Å². The molecule has 2 N–H and O–H groups in total. The van der Waals surface area contributed by atoms with E-state index in [2.05, 4.69) is 34.7 Å². The highest BCUT2D eigenvalue weighted by atomic mass is 35.5. The molecule has 3 rings (SSSR count). The number of benzene rings is 2. The van der Waals surface area contributed by atoms with Crippen molar-refractivity contribution in [1.29, 1.82) is 0 Å². The van der Waals surface area contributed by atoms with Crippen molar-refractivity contribution in [2.75, 3.05) is 11.1 Å². The smallest absolute Gasteiger partial charge is 0.253 e. The zero-order valence-electron chi connectivity index (χ0n) is 19.5. The number of rotatable bonds is 10. The van der Waals surface area contributed by atoms with Crippen molar-refractivity contribution in [2.45, 2.75) is 44.9 Å². The monoisotopic (exact) mass is 553 g/mol. The maximum Gasteiger partial charge on any atom is 0.253 e. The van der Waals surface area contributed by atoms with E-state index in [-0.39, 0.29) is 28.5 Å². The maximum absolute atomic E-state index is 13.0. The summed E-state index contributed by atoms with van der Waals surface area (Å²) in [5.74, 6) is 0.496.